The first-order valence-electron chi connectivity index (χ1n) is 6.87. The molecule has 2 fully saturated rings. The van der Waals surface area contributed by atoms with Crippen molar-refractivity contribution in [3.8, 4) is 0 Å². The number of hydrogen-bond donors (Lipinski definition) is 2. The van der Waals surface area contributed by atoms with Gasteiger partial charge in [0, 0.05) is 19.1 Å². The van der Waals surface area contributed by atoms with Gasteiger partial charge in [-0.3, -0.25) is 4.79 Å². The SMILES string of the molecule is CC(NC(=O)CCC1CCCO1)C1CCNC1. The summed E-state index contributed by atoms with van der Waals surface area (Å²) < 4.78 is 5.52. The van der Waals surface area contributed by atoms with Gasteiger partial charge in [0.15, 0.2) is 0 Å². The Morgan fingerprint density at radius 3 is 3.06 bits per heavy atom. The van der Waals surface area contributed by atoms with Crippen LogP contribution in [0, 0.1) is 5.92 Å². The highest BCUT2D eigenvalue weighted by molar-refractivity contribution is 5.76. The number of ether oxygens (including phenoxy) is 1. The first-order chi connectivity index (χ1) is 8.25. The van der Waals surface area contributed by atoms with Crippen LogP contribution in [0.5, 0.6) is 0 Å². The third-order valence-corrected chi connectivity index (χ3v) is 3.91. The Morgan fingerprint density at radius 1 is 1.53 bits per heavy atom. The summed E-state index contributed by atoms with van der Waals surface area (Å²) in [5.41, 5.74) is 0. The van der Waals surface area contributed by atoms with E-state index in [1.54, 1.807) is 0 Å². The molecule has 0 radical (unpaired) electrons. The molecule has 3 unspecified atom stereocenters. The zero-order valence-corrected chi connectivity index (χ0v) is 10.7. The molecule has 2 aliphatic heterocycles. The molecular weight excluding hydrogens is 216 g/mol. The fourth-order valence-corrected chi connectivity index (χ4v) is 2.71. The third kappa shape index (κ3) is 3.96. The normalized spacial score (nSPS) is 30.4. The smallest absolute Gasteiger partial charge is 0.220 e. The standard InChI is InChI=1S/C13H24N2O2/c1-10(11-6-7-14-9-11)15-13(16)5-4-12-3-2-8-17-12/h10-12,14H,2-9H2,1H3,(H,15,16). The van der Waals surface area contributed by atoms with Crippen molar-refractivity contribution in [3.05, 3.63) is 0 Å². The minimum atomic E-state index is 0.180. The van der Waals surface area contributed by atoms with Crippen LogP contribution in [0.2, 0.25) is 0 Å². The first-order valence-corrected chi connectivity index (χ1v) is 6.87. The molecule has 1 amide bonds. The highest BCUT2D eigenvalue weighted by Crippen LogP contribution is 2.17. The molecule has 98 valence electrons. The predicted octanol–water partition coefficient (Wildman–Crippen LogP) is 1.06. The minimum Gasteiger partial charge on any atom is -0.378 e. The van der Waals surface area contributed by atoms with Crippen LogP contribution in [0.1, 0.15) is 39.0 Å². The maximum absolute atomic E-state index is 11.8. The molecule has 2 rings (SSSR count). The second-order valence-corrected chi connectivity index (χ2v) is 5.28. The van der Waals surface area contributed by atoms with Crippen molar-refractivity contribution in [2.45, 2.75) is 51.2 Å². The van der Waals surface area contributed by atoms with E-state index in [0.717, 1.165) is 39.0 Å². The lowest BCUT2D eigenvalue weighted by Crippen LogP contribution is -2.39. The summed E-state index contributed by atoms with van der Waals surface area (Å²) in [4.78, 5) is 11.8. The quantitative estimate of drug-likeness (QED) is 0.755. The Labute approximate surface area is 103 Å². The molecule has 2 heterocycles. The van der Waals surface area contributed by atoms with E-state index in [9.17, 15) is 4.79 Å². The highest BCUT2D eigenvalue weighted by atomic mass is 16.5. The molecule has 0 aliphatic carbocycles. The van der Waals surface area contributed by atoms with Crippen molar-refractivity contribution < 1.29 is 9.53 Å². The van der Waals surface area contributed by atoms with E-state index in [-0.39, 0.29) is 5.91 Å². The number of amides is 1. The molecule has 2 N–H and O–H groups in total. The fourth-order valence-electron chi connectivity index (χ4n) is 2.71. The van der Waals surface area contributed by atoms with Crippen LogP contribution in [0.3, 0.4) is 0 Å². The van der Waals surface area contributed by atoms with Gasteiger partial charge in [-0.15, -0.1) is 0 Å². The van der Waals surface area contributed by atoms with Gasteiger partial charge in [0.25, 0.3) is 0 Å². The largest absolute Gasteiger partial charge is 0.378 e. The third-order valence-electron chi connectivity index (χ3n) is 3.91. The first kappa shape index (κ1) is 12.8. The van der Waals surface area contributed by atoms with Gasteiger partial charge < -0.3 is 15.4 Å². The van der Waals surface area contributed by atoms with Crippen molar-refractivity contribution in [2.24, 2.45) is 5.92 Å². The van der Waals surface area contributed by atoms with Gasteiger partial charge in [-0.25, -0.2) is 0 Å². The fraction of sp³-hybridized carbons (Fsp3) is 0.923. The Kier molecular flexibility index (Phi) is 4.80. The zero-order valence-electron chi connectivity index (χ0n) is 10.7. The van der Waals surface area contributed by atoms with Crippen LogP contribution in [0.25, 0.3) is 0 Å². The average molecular weight is 240 g/mol. The molecule has 2 saturated heterocycles. The number of carbonyl (C=O) groups is 1. The Balaban J connectivity index is 1.62. The van der Waals surface area contributed by atoms with E-state index < -0.39 is 0 Å². The Bertz CT molecular complexity index is 246. The van der Waals surface area contributed by atoms with Gasteiger partial charge in [0.1, 0.15) is 0 Å². The highest BCUT2D eigenvalue weighted by Gasteiger charge is 2.23. The summed E-state index contributed by atoms with van der Waals surface area (Å²) >= 11 is 0. The topological polar surface area (TPSA) is 50.4 Å². The van der Waals surface area contributed by atoms with E-state index in [1.165, 1.54) is 6.42 Å². The minimum absolute atomic E-state index is 0.180. The van der Waals surface area contributed by atoms with Gasteiger partial charge >= 0.3 is 0 Å². The number of carbonyl (C=O) groups excluding carboxylic acids is 1. The summed E-state index contributed by atoms with van der Waals surface area (Å²) in [6, 6.07) is 0.294. The second kappa shape index (κ2) is 6.36. The maximum atomic E-state index is 11.8. The second-order valence-electron chi connectivity index (χ2n) is 5.28. The van der Waals surface area contributed by atoms with Crippen LogP contribution in [-0.4, -0.2) is 37.7 Å². The predicted molar refractivity (Wildman–Crippen MR) is 66.8 cm³/mol. The van der Waals surface area contributed by atoms with E-state index in [2.05, 4.69) is 17.6 Å². The Hall–Kier alpha value is -0.610. The van der Waals surface area contributed by atoms with E-state index in [1.807, 2.05) is 0 Å². The molecule has 0 saturated carbocycles. The molecule has 0 aromatic heterocycles. The van der Waals surface area contributed by atoms with Crippen LogP contribution in [-0.2, 0) is 9.53 Å². The molecular formula is C13H24N2O2. The molecule has 3 atom stereocenters. The lowest BCUT2D eigenvalue weighted by Gasteiger charge is -2.20. The Morgan fingerprint density at radius 2 is 2.41 bits per heavy atom. The molecule has 2 aliphatic rings. The van der Waals surface area contributed by atoms with Crippen LogP contribution >= 0.6 is 0 Å². The van der Waals surface area contributed by atoms with Crippen LogP contribution in [0.4, 0.5) is 0 Å². The summed E-state index contributed by atoms with van der Waals surface area (Å²) in [6.45, 7) is 5.10. The molecule has 17 heavy (non-hydrogen) atoms. The number of hydrogen-bond acceptors (Lipinski definition) is 3. The van der Waals surface area contributed by atoms with E-state index >= 15 is 0 Å². The number of nitrogens with one attached hydrogen (secondary N) is 2. The van der Waals surface area contributed by atoms with Gasteiger partial charge in [0.2, 0.25) is 5.91 Å². The summed E-state index contributed by atoms with van der Waals surface area (Å²) in [6.07, 6.45) is 5.25. The summed E-state index contributed by atoms with van der Waals surface area (Å²) in [5.74, 6) is 0.779. The van der Waals surface area contributed by atoms with Crippen molar-refractivity contribution in [3.63, 3.8) is 0 Å². The molecule has 0 aromatic rings. The molecule has 4 nitrogen and oxygen atoms in total. The lowest BCUT2D eigenvalue weighted by atomic mass is 10.0. The average Bonchev–Trinajstić information content (AvgIpc) is 2.99. The summed E-state index contributed by atoms with van der Waals surface area (Å²) in [7, 11) is 0. The molecule has 0 spiro atoms. The summed E-state index contributed by atoms with van der Waals surface area (Å²) in [5, 5.41) is 6.44. The van der Waals surface area contributed by atoms with Gasteiger partial charge in [-0.2, -0.15) is 0 Å². The van der Waals surface area contributed by atoms with Crippen LogP contribution in [0.15, 0.2) is 0 Å². The van der Waals surface area contributed by atoms with E-state index in [4.69, 9.17) is 4.74 Å². The zero-order chi connectivity index (χ0) is 12.1. The van der Waals surface area contributed by atoms with Crippen molar-refractivity contribution >= 4 is 5.91 Å². The van der Waals surface area contributed by atoms with Crippen molar-refractivity contribution in [1.29, 1.82) is 0 Å². The number of rotatable bonds is 5. The van der Waals surface area contributed by atoms with Gasteiger partial charge in [0.05, 0.1) is 6.10 Å². The van der Waals surface area contributed by atoms with Gasteiger partial charge in [-0.05, 0) is 51.6 Å². The maximum Gasteiger partial charge on any atom is 0.220 e. The van der Waals surface area contributed by atoms with Crippen molar-refractivity contribution in [2.75, 3.05) is 19.7 Å². The molecule has 0 aromatic carbocycles. The molecule has 0 bridgehead atoms. The monoisotopic (exact) mass is 240 g/mol. The van der Waals surface area contributed by atoms with E-state index in [0.29, 0.717) is 24.5 Å². The molecule has 4 heteroatoms. The van der Waals surface area contributed by atoms with Crippen LogP contribution < -0.4 is 10.6 Å². The van der Waals surface area contributed by atoms with Crippen molar-refractivity contribution in [1.82, 2.24) is 10.6 Å². The lowest BCUT2D eigenvalue weighted by molar-refractivity contribution is -0.122. The van der Waals surface area contributed by atoms with Gasteiger partial charge in [-0.1, -0.05) is 0 Å².